The quantitative estimate of drug-likeness (QED) is 0.469. The monoisotopic (exact) mass is 496 g/mol. The van der Waals surface area contributed by atoms with Gasteiger partial charge in [0.15, 0.2) is 17.3 Å². The van der Waals surface area contributed by atoms with Crippen LogP contribution < -0.4 is 19.1 Å². The molecule has 0 atom stereocenters. The Hall–Kier alpha value is -3.63. The number of nitrogens with zero attached hydrogens (tertiary/aromatic N) is 4. The Balaban J connectivity index is 1.43. The van der Waals surface area contributed by atoms with E-state index in [-0.39, 0.29) is 0 Å². The number of piperazine rings is 1. The first-order chi connectivity index (χ1) is 16.9. The molecule has 3 aromatic rings. The van der Waals surface area contributed by atoms with Crippen LogP contribution in [0.25, 0.3) is 17.3 Å². The average molecular weight is 497 g/mol. The molecule has 1 aromatic heterocycles. The van der Waals surface area contributed by atoms with Crippen molar-refractivity contribution in [3.05, 3.63) is 65.6 Å². The largest absolute Gasteiger partial charge is 0.493 e. The molecule has 1 aliphatic rings. The zero-order valence-corrected chi connectivity index (χ0v) is 20.7. The maximum absolute atomic E-state index is 12.7. The van der Waals surface area contributed by atoms with Gasteiger partial charge in [-0.3, -0.25) is 0 Å². The summed E-state index contributed by atoms with van der Waals surface area (Å²) in [6, 6.07) is 16.8. The molecule has 0 N–H and O–H groups in total. The second kappa shape index (κ2) is 10.7. The second-order valence-corrected chi connectivity index (χ2v) is 9.65. The fourth-order valence-electron chi connectivity index (χ4n) is 3.86. The topological polar surface area (TPSA) is 94.1 Å². The number of benzene rings is 2. The molecule has 0 aliphatic carbocycles. The number of hydrogen-bond acceptors (Lipinski definition) is 8. The van der Waals surface area contributed by atoms with Crippen molar-refractivity contribution in [2.45, 2.75) is 0 Å². The molecule has 35 heavy (non-hydrogen) atoms. The number of rotatable bonds is 8. The minimum Gasteiger partial charge on any atom is -0.493 e. The number of anilines is 1. The van der Waals surface area contributed by atoms with Gasteiger partial charge in [-0.1, -0.05) is 30.3 Å². The first kappa shape index (κ1) is 24.5. The molecule has 9 nitrogen and oxygen atoms in total. The summed E-state index contributed by atoms with van der Waals surface area (Å²) in [5, 5.41) is 10.0. The SMILES string of the molecule is COc1cc(-c2ccc(N3CCN(S(=O)(=O)/C=C\c4ccccc4)CC3)nn2)cc(OC)c1OC. The van der Waals surface area contributed by atoms with E-state index in [1.54, 1.807) is 27.4 Å². The molecule has 10 heteroatoms. The van der Waals surface area contributed by atoms with E-state index in [1.807, 2.05) is 59.5 Å². The minimum atomic E-state index is -3.49. The molecule has 1 aliphatic heterocycles. The Morgan fingerprint density at radius 3 is 2.03 bits per heavy atom. The van der Waals surface area contributed by atoms with E-state index >= 15 is 0 Å². The number of ether oxygens (including phenoxy) is 3. The third-order valence-corrected chi connectivity index (χ3v) is 7.33. The van der Waals surface area contributed by atoms with Gasteiger partial charge in [-0.2, -0.15) is 4.31 Å². The summed E-state index contributed by atoms with van der Waals surface area (Å²) < 4.78 is 43.1. The van der Waals surface area contributed by atoms with Crippen LogP contribution in [0.5, 0.6) is 17.2 Å². The Morgan fingerprint density at radius 1 is 0.829 bits per heavy atom. The van der Waals surface area contributed by atoms with Gasteiger partial charge in [0.25, 0.3) is 0 Å². The molecule has 0 radical (unpaired) electrons. The average Bonchev–Trinajstić information content (AvgIpc) is 2.92. The molecular weight excluding hydrogens is 468 g/mol. The van der Waals surface area contributed by atoms with Crippen molar-refractivity contribution in [1.82, 2.24) is 14.5 Å². The Bertz CT molecular complexity index is 1250. The molecule has 184 valence electrons. The van der Waals surface area contributed by atoms with Crippen molar-refractivity contribution in [3.8, 4) is 28.5 Å². The van der Waals surface area contributed by atoms with E-state index in [2.05, 4.69) is 10.2 Å². The minimum absolute atomic E-state index is 0.373. The summed E-state index contributed by atoms with van der Waals surface area (Å²) in [6.07, 6.45) is 1.62. The fraction of sp³-hybridized carbons (Fsp3) is 0.280. The van der Waals surface area contributed by atoms with Crippen molar-refractivity contribution >= 4 is 21.9 Å². The van der Waals surface area contributed by atoms with E-state index in [0.29, 0.717) is 54.9 Å². The highest BCUT2D eigenvalue weighted by atomic mass is 32.2. The van der Waals surface area contributed by atoms with Gasteiger partial charge in [0.05, 0.1) is 27.0 Å². The molecule has 0 spiro atoms. The maximum Gasteiger partial charge on any atom is 0.236 e. The van der Waals surface area contributed by atoms with Gasteiger partial charge < -0.3 is 19.1 Å². The van der Waals surface area contributed by atoms with Crippen molar-refractivity contribution < 1.29 is 22.6 Å². The lowest BCUT2D eigenvalue weighted by atomic mass is 10.1. The number of aromatic nitrogens is 2. The zero-order valence-electron chi connectivity index (χ0n) is 19.9. The van der Waals surface area contributed by atoms with Gasteiger partial charge in [-0.15, -0.1) is 10.2 Å². The predicted molar refractivity (Wildman–Crippen MR) is 135 cm³/mol. The van der Waals surface area contributed by atoms with Crippen LogP contribution in [-0.4, -0.2) is 70.4 Å². The smallest absolute Gasteiger partial charge is 0.236 e. The van der Waals surface area contributed by atoms with Gasteiger partial charge >= 0.3 is 0 Å². The van der Waals surface area contributed by atoms with Gasteiger partial charge in [0, 0.05) is 37.2 Å². The highest BCUT2D eigenvalue weighted by Crippen LogP contribution is 2.40. The molecule has 4 rings (SSSR count). The van der Waals surface area contributed by atoms with Crippen LogP contribution in [0.3, 0.4) is 0 Å². The second-order valence-electron chi connectivity index (χ2n) is 7.84. The molecule has 1 fully saturated rings. The lowest BCUT2D eigenvalue weighted by Crippen LogP contribution is -2.48. The van der Waals surface area contributed by atoms with E-state index in [0.717, 1.165) is 11.1 Å². The van der Waals surface area contributed by atoms with E-state index in [4.69, 9.17) is 14.2 Å². The van der Waals surface area contributed by atoms with Gasteiger partial charge in [-0.25, -0.2) is 8.42 Å². The maximum atomic E-state index is 12.7. The third kappa shape index (κ3) is 5.55. The number of hydrogen-bond donors (Lipinski definition) is 0. The standard InChI is InChI=1S/C25H28N4O5S/c1-32-22-17-20(18-23(33-2)25(22)34-3)21-9-10-24(27-26-21)28-12-14-29(15-13-28)35(30,31)16-11-19-7-5-4-6-8-19/h4-11,16-18H,12-15H2,1-3H3/b16-11-. The molecule has 1 saturated heterocycles. The van der Waals surface area contributed by atoms with Crippen LogP contribution in [0.15, 0.2) is 60.0 Å². The highest BCUT2D eigenvalue weighted by molar-refractivity contribution is 7.92. The fourth-order valence-corrected chi connectivity index (χ4v) is 5.04. The lowest BCUT2D eigenvalue weighted by molar-refractivity contribution is 0.324. The first-order valence-electron chi connectivity index (χ1n) is 11.1. The summed E-state index contributed by atoms with van der Waals surface area (Å²) in [5.74, 6) is 2.27. The number of sulfonamides is 1. The van der Waals surface area contributed by atoms with Crippen molar-refractivity contribution in [1.29, 1.82) is 0 Å². The van der Waals surface area contributed by atoms with Crippen LogP contribution >= 0.6 is 0 Å². The van der Waals surface area contributed by atoms with E-state index in [9.17, 15) is 8.42 Å². The molecule has 0 saturated carbocycles. The van der Waals surface area contributed by atoms with Crippen LogP contribution in [0.4, 0.5) is 5.82 Å². The normalized spacial score (nSPS) is 14.8. The summed E-state index contributed by atoms with van der Waals surface area (Å²) >= 11 is 0. The summed E-state index contributed by atoms with van der Waals surface area (Å²) in [6.45, 7) is 1.79. The molecule has 0 unspecified atom stereocenters. The van der Waals surface area contributed by atoms with E-state index < -0.39 is 10.0 Å². The zero-order chi connectivity index (χ0) is 24.8. The van der Waals surface area contributed by atoms with E-state index in [1.165, 1.54) is 9.71 Å². The van der Waals surface area contributed by atoms with Crippen LogP contribution in [0.2, 0.25) is 0 Å². The highest BCUT2D eigenvalue weighted by Gasteiger charge is 2.26. The third-order valence-electron chi connectivity index (χ3n) is 5.77. The molecule has 2 aromatic carbocycles. The van der Waals surface area contributed by atoms with Crippen LogP contribution in [0.1, 0.15) is 5.56 Å². The van der Waals surface area contributed by atoms with Crippen LogP contribution in [0, 0.1) is 0 Å². The molecular formula is C25H28N4O5S. The molecule has 0 bridgehead atoms. The lowest BCUT2D eigenvalue weighted by Gasteiger charge is -2.33. The number of methoxy groups -OCH3 is 3. The Morgan fingerprint density at radius 2 is 1.49 bits per heavy atom. The van der Waals surface area contributed by atoms with Crippen molar-refractivity contribution in [3.63, 3.8) is 0 Å². The molecule has 0 amide bonds. The van der Waals surface area contributed by atoms with Gasteiger partial charge in [0.1, 0.15) is 0 Å². The predicted octanol–water partition coefficient (Wildman–Crippen LogP) is 3.29. The summed E-state index contributed by atoms with van der Waals surface area (Å²) in [7, 11) is 1.19. The Labute approximate surface area is 205 Å². The summed E-state index contributed by atoms with van der Waals surface area (Å²) in [5.41, 5.74) is 2.28. The van der Waals surface area contributed by atoms with Crippen molar-refractivity contribution in [2.75, 3.05) is 52.4 Å². The van der Waals surface area contributed by atoms with Gasteiger partial charge in [-0.05, 0) is 35.9 Å². The van der Waals surface area contributed by atoms with Crippen LogP contribution in [-0.2, 0) is 10.0 Å². The Kier molecular flexibility index (Phi) is 7.52. The van der Waals surface area contributed by atoms with Gasteiger partial charge in [0.2, 0.25) is 15.8 Å². The molecule has 2 heterocycles. The first-order valence-corrected chi connectivity index (χ1v) is 12.6. The summed E-state index contributed by atoms with van der Waals surface area (Å²) in [4.78, 5) is 2.03. The van der Waals surface area contributed by atoms with Crippen molar-refractivity contribution in [2.24, 2.45) is 0 Å².